The van der Waals surface area contributed by atoms with E-state index in [9.17, 15) is 60.2 Å². The smallest absolute Gasteiger partial charge is 1.00 e. The summed E-state index contributed by atoms with van der Waals surface area (Å²) < 4.78 is 144. The Morgan fingerprint density at radius 2 is 0.870 bits per heavy atom. The zero-order chi connectivity index (χ0) is 19.4. The van der Waals surface area contributed by atoms with Gasteiger partial charge < -0.3 is 53.2 Å². The summed E-state index contributed by atoms with van der Waals surface area (Å²) in [5, 5.41) is 0.715. The van der Waals surface area contributed by atoms with Crippen LogP contribution in [-0.4, -0.2) is 34.7 Å². The molecule has 23 heavy (non-hydrogen) atoms. The van der Waals surface area contributed by atoms with Gasteiger partial charge in [-0.05, 0) is 6.92 Å². The monoisotopic (exact) mass is 391 g/mol. The van der Waals surface area contributed by atoms with Crippen LogP contribution in [0.5, 0.6) is 0 Å². The minimum Gasteiger partial charge on any atom is -1.00 e. The summed E-state index contributed by atoms with van der Waals surface area (Å²) in [5.74, 6) is 0. The Labute approximate surface area is 136 Å². The third-order valence-electron chi connectivity index (χ3n) is 0.308. The number of hydrogen-bond donors (Lipinski definition) is 1. The maximum absolute atomic E-state index is 9.75. The fourth-order valence-corrected chi connectivity index (χ4v) is 0.516. The molecule has 0 aliphatic rings. The van der Waals surface area contributed by atoms with Crippen molar-refractivity contribution in [2.24, 2.45) is 0 Å². The number of rotatable bonds is 1. The molecule has 0 amide bonds. The Morgan fingerprint density at radius 1 is 0.739 bits per heavy atom. The molecular weight excluding hydrogens is 383 g/mol. The summed E-state index contributed by atoms with van der Waals surface area (Å²) in [6.07, 6.45) is 1.25. The van der Waals surface area contributed by atoms with Gasteiger partial charge in [0.15, 0.2) is 0 Å². The third-order valence-corrected chi connectivity index (χ3v) is 0.924. The average Bonchev–Trinajstić information content (AvgIpc) is 1.88. The van der Waals surface area contributed by atoms with Gasteiger partial charge in [0, 0.05) is 0 Å². The van der Waals surface area contributed by atoms with Crippen LogP contribution in [0.3, 0.4) is 0 Å². The Morgan fingerprint density at radius 3 is 0.870 bits per heavy atom. The van der Waals surface area contributed by atoms with Crippen LogP contribution in [0.2, 0.25) is 0 Å². The zero-order valence-electron chi connectivity index (χ0n) is 12.1. The van der Waals surface area contributed by atoms with E-state index >= 15 is 0 Å². The van der Waals surface area contributed by atoms with Gasteiger partial charge in [0.1, 0.15) is 0 Å². The van der Waals surface area contributed by atoms with E-state index in [1.165, 1.54) is 13.0 Å². The Bertz CT molecular complexity index is 347. The Hall–Kier alpha value is -0.398. The molecule has 0 fully saturated rings. The zero-order valence-corrected chi connectivity index (χ0v) is 11.9. The Balaban J connectivity index is -0.0000000443. The molecule has 0 spiro atoms. The van der Waals surface area contributed by atoms with Gasteiger partial charge in [0.25, 0.3) is 10.1 Å². The van der Waals surface area contributed by atoms with E-state index < -0.39 is 31.9 Å². The van der Waals surface area contributed by atoms with Gasteiger partial charge in [-0.1, -0.05) is 6.08 Å². The van der Waals surface area contributed by atoms with E-state index in [1.807, 2.05) is 0 Å². The molecule has 0 aromatic carbocycles. The molecule has 140 valence electrons. The summed E-state index contributed by atoms with van der Waals surface area (Å²) in [6.45, 7) is 1.51. The van der Waals surface area contributed by atoms with E-state index in [2.05, 4.69) is 0 Å². The molecule has 0 saturated heterocycles. The number of hydrogen-bond acceptors (Lipinski definition) is 2. The van der Waals surface area contributed by atoms with Crippen LogP contribution in [0.25, 0.3) is 0 Å². The average molecular weight is 391 g/mol. The van der Waals surface area contributed by atoms with Crippen molar-refractivity contribution < 1.29 is 85.0 Å². The van der Waals surface area contributed by atoms with E-state index in [0.717, 1.165) is 0 Å². The molecule has 0 heterocycles. The summed E-state index contributed by atoms with van der Waals surface area (Å²) in [5.41, 5.74) is 0. The fourth-order valence-electron chi connectivity index (χ4n) is 0.172. The summed E-state index contributed by atoms with van der Waals surface area (Å²) in [4.78, 5) is 0. The maximum Gasteiger partial charge on any atom is 1.00 e. The van der Waals surface area contributed by atoms with Crippen molar-refractivity contribution in [3.63, 3.8) is 0 Å². The summed E-state index contributed by atoms with van der Waals surface area (Å²) in [7, 11) is -21.9. The molecule has 0 aromatic rings. The molecule has 0 aliphatic carbocycles. The van der Waals surface area contributed by atoms with Crippen molar-refractivity contribution in [3.05, 3.63) is 11.5 Å². The van der Waals surface area contributed by atoms with Crippen molar-refractivity contribution in [2.45, 2.75) is 6.92 Å². The topological polar surface area (TPSA) is 54.4 Å². The van der Waals surface area contributed by atoms with Crippen LogP contribution in [0.1, 0.15) is 8.35 Å². The van der Waals surface area contributed by atoms with E-state index in [0.29, 0.717) is 5.41 Å². The third kappa shape index (κ3) is 640. The van der Waals surface area contributed by atoms with Crippen molar-refractivity contribution >= 4 is 31.9 Å². The molecule has 0 unspecified atom stereocenters. The second-order valence-electron chi connectivity index (χ2n) is 2.47. The molecule has 0 bridgehead atoms. The van der Waals surface area contributed by atoms with E-state index in [4.69, 9.17) is 4.55 Å². The van der Waals surface area contributed by atoms with Gasteiger partial charge in [-0.2, -0.15) is 8.42 Å². The molecule has 0 aliphatic heterocycles. The van der Waals surface area contributed by atoms with Crippen LogP contribution in [0.15, 0.2) is 11.5 Å². The van der Waals surface area contributed by atoms with Crippen LogP contribution < -0.4 is 18.9 Å². The van der Waals surface area contributed by atoms with Crippen LogP contribution in [0.4, 0.5) is 51.8 Å². The first kappa shape index (κ1) is 34.0. The Kier molecular flexibility index (Phi) is 20.7. The van der Waals surface area contributed by atoms with Crippen molar-refractivity contribution in [3.8, 4) is 0 Å². The normalized spacial score (nSPS) is 11.7. The largest absolute Gasteiger partial charge is 1.00 e. The van der Waals surface area contributed by atoms with Gasteiger partial charge in [-0.3, -0.25) is 4.55 Å². The molecule has 0 radical (unpaired) electrons. The predicted molar refractivity (Wildman–Crippen MR) is 58.0 cm³/mol. The van der Waals surface area contributed by atoms with Gasteiger partial charge in [0.05, 0.1) is 5.41 Å². The van der Waals surface area contributed by atoms with Gasteiger partial charge in [0.2, 0.25) is 0 Å². The van der Waals surface area contributed by atoms with E-state index in [1.54, 1.807) is 0 Å². The van der Waals surface area contributed by atoms with Gasteiger partial charge >= 0.3 is 40.6 Å². The molecule has 3 nitrogen and oxygen atoms in total. The standard InChI is InChI=1S/C3H6O3S.3BF4.Li.H/c1-2-3-7(4,5)6;3*2-1(3,4)5;;/h2-3H,1H3,(H,4,5,6);;;;;/q;3*-1;+1;-1. The molecule has 0 atom stereocenters. The molecule has 0 saturated carbocycles. The first-order valence-electron chi connectivity index (χ1n) is 4.28. The van der Waals surface area contributed by atoms with E-state index in [-0.39, 0.29) is 20.3 Å². The predicted octanol–water partition coefficient (Wildman–Crippen LogP) is 1.42. The molecule has 20 heteroatoms. The molecule has 0 rings (SSSR count). The van der Waals surface area contributed by atoms with Crippen molar-refractivity contribution in [1.82, 2.24) is 0 Å². The minimum atomic E-state index is -6.00. The molecule has 0 aromatic heterocycles. The molecule has 1 N–H and O–H groups in total. The van der Waals surface area contributed by atoms with Crippen molar-refractivity contribution in [2.75, 3.05) is 0 Å². The maximum atomic E-state index is 9.75. The number of halogens is 12. The SMILES string of the molecule is CC=CS(=O)(=O)O.F[B-](F)(F)F.F[B-](F)(F)F.F[B-](F)(F)F.[H-].[Li+]. The second-order valence-corrected chi connectivity index (χ2v) is 3.77. The van der Waals surface area contributed by atoms with Crippen molar-refractivity contribution in [1.29, 1.82) is 0 Å². The quantitative estimate of drug-likeness (QED) is 0.419. The first-order valence-corrected chi connectivity index (χ1v) is 5.78. The van der Waals surface area contributed by atoms with Gasteiger partial charge in [-0.25, -0.2) is 0 Å². The fraction of sp³-hybridized carbons (Fsp3) is 0.333. The first-order chi connectivity index (χ1) is 9.06. The second kappa shape index (κ2) is 14.0. The minimum absolute atomic E-state index is 0. The summed E-state index contributed by atoms with van der Waals surface area (Å²) in [6, 6.07) is 0. The van der Waals surface area contributed by atoms with Crippen LogP contribution in [0, 0.1) is 0 Å². The van der Waals surface area contributed by atoms with Gasteiger partial charge in [-0.15, -0.1) is 0 Å². The number of allylic oxidation sites excluding steroid dienone is 1. The van der Waals surface area contributed by atoms with Crippen LogP contribution in [-0.2, 0) is 10.1 Å². The summed E-state index contributed by atoms with van der Waals surface area (Å²) >= 11 is 0. The molecular formula is C3H7B3F12LiO3S-3. The van der Waals surface area contributed by atoms with Crippen LogP contribution >= 0.6 is 0 Å².